The van der Waals surface area contributed by atoms with E-state index in [1.54, 1.807) is 36.7 Å². The van der Waals surface area contributed by atoms with Gasteiger partial charge in [0.05, 0.1) is 5.56 Å². The molecule has 0 saturated carbocycles. The summed E-state index contributed by atoms with van der Waals surface area (Å²) in [6, 6.07) is 9.17. The molecule has 2 aromatic heterocycles. The van der Waals surface area contributed by atoms with Crippen LogP contribution in [0, 0.1) is 5.82 Å². The quantitative estimate of drug-likeness (QED) is 0.707. The number of esters is 1. The summed E-state index contributed by atoms with van der Waals surface area (Å²) < 4.78 is 23.1. The lowest BCUT2D eigenvalue weighted by Gasteiger charge is -2.06. The number of nitrogens with zero attached hydrogens (tertiary/aromatic N) is 2. The van der Waals surface area contributed by atoms with Crippen LogP contribution in [-0.2, 0) is 14.3 Å². The van der Waals surface area contributed by atoms with E-state index in [2.05, 4.69) is 20.2 Å². The van der Waals surface area contributed by atoms with Crippen LogP contribution in [0.15, 0.2) is 53.3 Å². The minimum Gasteiger partial charge on any atom is -0.456 e. The summed E-state index contributed by atoms with van der Waals surface area (Å²) >= 11 is 0. The van der Waals surface area contributed by atoms with Gasteiger partial charge in [0.2, 0.25) is 5.88 Å². The van der Waals surface area contributed by atoms with E-state index in [0.29, 0.717) is 22.4 Å². The van der Waals surface area contributed by atoms with Crippen molar-refractivity contribution in [2.24, 2.45) is 0 Å². The van der Waals surface area contributed by atoms with Gasteiger partial charge in [-0.3, -0.25) is 19.9 Å². The van der Waals surface area contributed by atoms with Crippen LogP contribution in [0.1, 0.15) is 6.92 Å². The van der Waals surface area contributed by atoms with Gasteiger partial charge in [0, 0.05) is 24.9 Å². The molecule has 0 unspecified atom stereocenters. The molecule has 3 rings (SSSR count). The Bertz CT molecular complexity index is 923. The lowest BCUT2D eigenvalue weighted by molar-refractivity contribution is -0.145. The number of rotatable bonds is 5. The smallest absolute Gasteiger partial charge is 0.303 e. The number of hydrogen-bond acceptors (Lipinski definition) is 6. The van der Waals surface area contributed by atoms with Crippen LogP contribution < -0.4 is 5.32 Å². The van der Waals surface area contributed by atoms with Crippen LogP contribution >= 0.6 is 0 Å². The third-order valence-corrected chi connectivity index (χ3v) is 3.44. The molecular weight excluding hydrogens is 341 g/mol. The third-order valence-electron chi connectivity index (χ3n) is 3.44. The maximum Gasteiger partial charge on any atom is 0.303 e. The van der Waals surface area contributed by atoms with Crippen molar-refractivity contribution in [3.63, 3.8) is 0 Å². The lowest BCUT2D eigenvalue weighted by atomic mass is 10.0. The number of aromatic nitrogens is 2. The summed E-state index contributed by atoms with van der Waals surface area (Å²) in [4.78, 5) is 26.7. The molecule has 0 fully saturated rings. The molecule has 0 radical (unpaired) electrons. The SMILES string of the molecule is CC(=O)OCC(=O)Nc1onc(-c2ccc(F)cc2)c1-c1ccncc1. The monoisotopic (exact) mass is 355 g/mol. The lowest BCUT2D eigenvalue weighted by Crippen LogP contribution is -2.19. The van der Waals surface area contributed by atoms with E-state index in [0.717, 1.165) is 0 Å². The Hall–Kier alpha value is -3.55. The Morgan fingerprint density at radius 3 is 2.46 bits per heavy atom. The Morgan fingerprint density at radius 2 is 1.81 bits per heavy atom. The summed E-state index contributed by atoms with van der Waals surface area (Å²) in [5.41, 5.74) is 2.25. The zero-order valence-corrected chi connectivity index (χ0v) is 13.7. The van der Waals surface area contributed by atoms with Crippen molar-refractivity contribution in [1.29, 1.82) is 0 Å². The van der Waals surface area contributed by atoms with Gasteiger partial charge in [-0.1, -0.05) is 5.16 Å². The van der Waals surface area contributed by atoms with E-state index in [1.807, 2.05) is 0 Å². The van der Waals surface area contributed by atoms with Crippen molar-refractivity contribution in [1.82, 2.24) is 10.1 Å². The number of halogens is 1. The predicted octanol–water partition coefficient (Wildman–Crippen LogP) is 3.04. The number of benzene rings is 1. The molecule has 0 aliphatic rings. The molecule has 1 N–H and O–H groups in total. The van der Waals surface area contributed by atoms with Crippen LogP contribution in [0.4, 0.5) is 10.3 Å². The average molecular weight is 355 g/mol. The second-order valence-electron chi connectivity index (χ2n) is 5.31. The molecule has 0 bridgehead atoms. The number of hydrogen-bond donors (Lipinski definition) is 1. The molecule has 8 heteroatoms. The fraction of sp³-hybridized carbons (Fsp3) is 0.111. The zero-order valence-electron chi connectivity index (χ0n) is 13.7. The number of carbonyl (C=O) groups excluding carboxylic acids is 2. The molecule has 7 nitrogen and oxygen atoms in total. The van der Waals surface area contributed by atoms with E-state index in [9.17, 15) is 14.0 Å². The number of amides is 1. The molecule has 26 heavy (non-hydrogen) atoms. The van der Waals surface area contributed by atoms with Gasteiger partial charge in [0.15, 0.2) is 6.61 Å². The summed E-state index contributed by atoms with van der Waals surface area (Å²) in [5, 5.41) is 6.53. The van der Waals surface area contributed by atoms with Crippen LogP contribution in [0.5, 0.6) is 0 Å². The number of nitrogens with one attached hydrogen (secondary N) is 1. The second-order valence-corrected chi connectivity index (χ2v) is 5.31. The molecule has 2 heterocycles. The Morgan fingerprint density at radius 1 is 1.12 bits per heavy atom. The van der Waals surface area contributed by atoms with Crippen LogP contribution in [0.3, 0.4) is 0 Å². The first-order valence-corrected chi connectivity index (χ1v) is 7.64. The highest BCUT2D eigenvalue weighted by molar-refractivity contribution is 5.98. The first-order valence-electron chi connectivity index (χ1n) is 7.64. The van der Waals surface area contributed by atoms with Crippen LogP contribution in [0.25, 0.3) is 22.4 Å². The van der Waals surface area contributed by atoms with Gasteiger partial charge >= 0.3 is 5.97 Å². The van der Waals surface area contributed by atoms with Gasteiger partial charge in [-0.2, -0.15) is 0 Å². The molecule has 3 aromatic rings. The van der Waals surface area contributed by atoms with E-state index in [1.165, 1.54) is 19.1 Å². The third kappa shape index (κ3) is 3.92. The highest BCUT2D eigenvalue weighted by atomic mass is 19.1. The van der Waals surface area contributed by atoms with E-state index < -0.39 is 18.5 Å². The van der Waals surface area contributed by atoms with Crippen molar-refractivity contribution in [3.8, 4) is 22.4 Å². The molecule has 0 saturated heterocycles. The number of pyridine rings is 1. The van der Waals surface area contributed by atoms with E-state index in [4.69, 9.17) is 4.52 Å². The standard InChI is InChI=1S/C18H14FN3O4/c1-11(23)25-10-15(24)21-18-16(12-6-8-20-9-7-12)17(22-26-18)13-2-4-14(19)5-3-13/h2-9H,10H2,1H3,(H,21,24). The first-order chi connectivity index (χ1) is 12.5. The van der Waals surface area contributed by atoms with Crippen molar-refractivity contribution < 1.29 is 23.2 Å². The summed E-state index contributed by atoms with van der Waals surface area (Å²) in [6.07, 6.45) is 3.17. The zero-order chi connectivity index (χ0) is 18.5. The summed E-state index contributed by atoms with van der Waals surface area (Å²) in [5.74, 6) is -1.43. The fourth-order valence-corrected chi connectivity index (χ4v) is 2.30. The molecule has 1 amide bonds. The largest absolute Gasteiger partial charge is 0.456 e. The van der Waals surface area contributed by atoms with Gasteiger partial charge in [-0.15, -0.1) is 0 Å². The number of anilines is 1. The van der Waals surface area contributed by atoms with Crippen LogP contribution in [0.2, 0.25) is 0 Å². The van der Waals surface area contributed by atoms with Crippen molar-refractivity contribution in [3.05, 3.63) is 54.6 Å². The minimum atomic E-state index is -0.572. The van der Waals surface area contributed by atoms with Gasteiger partial charge in [0.25, 0.3) is 5.91 Å². The number of ether oxygens (including phenoxy) is 1. The highest BCUT2D eigenvalue weighted by Crippen LogP contribution is 2.37. The molecule has 0 aliphatic carbocycles. The summed E-state index contributed by atoms with van der Waals surface area (Å²) in [7, 11) is 0. The molecule has 0 aliphatic heterocycles. The fourth-order valence-electron chi connectivity index (χ4n) is 2.30. The van der Waals surface area contributed by atoms with E-state index >= 15 is 0 Å². The van der Waals surface area contributed by atoms with E-state index in [-0.39, 0.29) is 11.7 Å². The molecular formula is C18H14FN3O4. The Balaban J connectivity index is 1.98. The molecule has 1 aromatic carbocycles. The van der Waals surface area contributed by atoms with Crippen molar-refractivity contribution in [2.45, 2.75) is 6.92 Å². The first kappa shape index (κ1) is 17.3. The van der Waals surface area contributed by atoms with Gasteiger partial charge in [-0.25, -0.2) is 4.39 Å². The van der Waals surface area contributed by atoms with Gasteiger partial charge in [-0.05, 0) is 42.0 Å². The minimum absolute atomic E-state index is 0.0904. The molecule has 0 spiro atoms. The molecule has 132 valence electrons. The maximum absolute atomic E-state index is 13.2. The van der Waals surface area contributed by atoms with Crippen molar-refractivity contribution >= 4 is 17.8 Å². The average Bonchev–Trinajstić information content (AvgIpc) is 3.05. The Kier molecular flexibility index (Phi) is 5.02. The number of carbonyl (C=O) groups is 2. The normalized spacial score (nSPS) is 10.4. The van der Waals surface area contributed by atoms with Crippen molar-refractivity contribution in [2.75, 3.05) is 11.9 Å². The Labute approximate surface area is 147 Å². The molecule has 0 atom stereocenters. The maximum atomic E-state index is 13.2. The topological polar surface area (TPSA) is 94.3 Å². The van der Waals surface area contributed by atoms with Gasteiger partial charge in [0.1, 0.15) is 11.5 Å². The second kappa shape index (κ2) is 7.56. The van der Waals surface area contributed by atoms with Crippen LogP contribution in [-0.4, -0.2) is 28.6 Å². The highest BCUT2D eigenvalue weighted by Gasteiger charge is 2.21. The van der Waals surface area contributed by atoms with Gasteiger partial charge < -0.3 is 9.26 Å². The predicted molar refractivity (Wildman–Crippen MR) is 90.4 cm³/mol. The summed E-state index contributed by atoms with van der Waals surface area (Å²) in [6.45, 7) is 0.758.